The van der Waals surface area contributed by atoms with Crippen molar-refractivity contribution >= 4 is 48.0 Å². The second kappa shape index (κ2) is 16.6. The molecule has 0 radical (unpaired) electrons. The largest absolute Gasteiger partial charge is 0.489 e. The molecule has 32 heavy (non-hydrogen) atoms. The molecule has 10 heteroatoms. The van der Waals surface area contributed by atoms with E-state index in [2.05, 4.69) is 10.6 Å². The molecular formula is C22H32Cl4N2O4. The summed E-state index contributed by atoms with van der Waals surface area (Å²) >= 11 is 12.1. The lowest BCUT2D eigenvalue weighted by atomic mass is 10.2. The van der Waals surface area contributed by atoms with Crippen molar-refractivity contribution in [3.8, 4) is 11.5 Å². The number of nitrogens with one attached hydrogen (secondary N) is 2. The topological polar surface area (TPSA) is 83.0 Å². The van der Waals surface area contributed by atoms with E-state index in [4.69, 9.17) is 32.7 Å². The van der Waals surface area contributed by atoms with Crippen LogP contribution in [0.5, 0.6) is 11.5 Å². The molecule has 0 spiro atoms. The standard InChI is InChI=1S/C22H30Cl2N2O4.2ClH/c1-15-3-5-19(23)21(9-15)29-13-17(27)11-25-7-8-26-12-18(28)14-30-22-10-16(2)4-6-20(22)24;;/h3-6,9-10,17-18,25-28H,7-8,11-14H2,1-2H3;2*1H. The fourth-order valence-electron chi connectivity index (χ4n) is 2.65. The van der Waals surface area contributed by atoms with E-state index in [9.17, 15) is 10.2 Å². The van der Waals surface area contributed by atoms with Crippen molar-refractivity contribution in [3.63, 3.8) is 0 Å². The van der Waals surface area contributed by atoms with E-state index >= 15 is 0 Å². The number of rotatable bonds is 13. The number of halogens is 4. The second-order valence-corrected chi connectivity index (χ2v) is 8.02. The van der Waals surface area contributed by atoms with Crippen LogP contribution >= 0.6 is 48.0 Å². The van der Waals surface area contributed by atoms with E-state index in [1.807, 2.05) is 38.1 Å². The molecule has 6 nitrogen and oxygen atoms in total. The monoisotopic (exact) mass is 528 g/mol. The predicted molar refractivity (Wildman–Crippen MR) is 136 cm³/mol. The molecule has 4 N–H and O–H groups in total. The molecule has 0 saturated heterocycles. The Morgan fingerprint density at radius 1 is 0.750 bits per heavy atom. The molecule has 2 rings (SSSR count). The maximum absolute atomic E-state index is 10.0. The SMILES string of the molecule is Cc1ccc(Cl)c(OCC(O)CNCCNCC(O)COc2cc(C)ccc2Cl)c1.Cl.Cl. The summed E-state index contributed by atoms with van der Waals surface area (Å²) in [5.74, 6) is 1.14. The van der Waals surface area contributed by atoms with Crippen molar-refractivity contribution in [3.05, 3.63) is 57.6 Å². The first kappa shape index (κ1) is 31.0. The number of hydrogen-bond donors (Lipinski definition) is 4. The van der Waals surface area contributed by atoms with Gasteiger partial charge in [-0.1, -0.05) is 35.3 Å². The third-order valence-electron chi connectivity index (χ3n) is 4.27. The molecule has 0 saturated carbocycles. The van der Waals surface area contributed by atoms with Crippen LogP contribution in [0.25, 0.3) is 0 Å². The van der Waals surface area contributed by atoms with Crippen molar-refractivity contribution in [1.82, 2.24) is 10.6 Å². The highest BCUT2D eigenvalue weighted by molar-refractivity contribution is 6.32. The lowest BCUT2D eigenvalue weighted by molar-refractivity contribution is 0.103. The molecule has 0 fully saturated rings. The van der Waals surface area contributed by atoms with E-state index in [0.717, 1.165) is 11.1 Å². The lowest BCUT2D eigenvalue weighted by Gasteiger charge is -2.16. The zero-order chi connectivity index (χ0) is 21.9. The molecule has 0 amide bonds. The van der Waals surface area contributed by atoms with Gasteiger partial charge in [0.1, 0.15) is 36.9 Å². The fourth-order valence-corrected chi connectivity index (χ4v) is 2.99. The van der Waals surface area contributed by atoms with Gasteiger partial charge in [0.2, 0.25) is 0 Å². The van der Waals surface area contributed by atoms with Crippen LogP contribution in [0.1, 0.15) is 11.1 Å². The second-order valence-electron chi connectivity index (χ2n) is 7.21. The van der Waals surface area contributed by atoms with Crippen LogP contribution < -0.4 is 20.1 Å². The molecular weight excluding hydrogens is 498 g/mol. The third kappa shape index (κ3) is 11.8. The summed E-state index contributed by atoms with van der Waals surface area (Å²) in [6.45, 7) is 6.27. The Morgan fingerprint density at radius 2 is 1.12 bits per heavy atom. The van der Waals surface area contributed by atoms with Gasteiger partial charge in [-0.2, -0.15) is 0 Å². The first-order valence-electron chi connectivity index (χ1n) is 9.90. The molecule has 0 aliphatic rings. The minimum Gasteiger partial charge on any atom is -0.489 e. The first-order valence-corrected chi connectivity index (χ1v) is 10.7. The van der Waals surface area contributed by atoms with Gasteiger partial charge in [-0.15, -0.1) is 24.8 Å². The fraction of sp³-hybridized carbons (Fsp3) is 0.455. The first-order chi connectivity index (χ1) is 14.3. The smallest absolute Gasteiger partial charge is 0.138 e. The molecule has 182 valence electrons. The van der Waals surface area contributed by atoms with Gasteiger partial charge in [0.15, 0.2) is 0 Å². The highest BCUT2D eigenvalue weighted by Crippen LogP contribution is 2.26. The molecule has 2 aromatic carbocycles. The molecule has 0 aliphatic heterocycles. The number of hydrogen-bond acceptors (Lipinski definition) is 6. The van der Waals surface area contributed by atoms with Crippen molar-refractivity contribution in [2.24, 2.45) is 0 Å². The van der Waals surface area contributed by atoms with Crippen molar-refractivity contribution < 1.29 is 19.7 Å². The Balaban J connectivity index is 0.00000480. The van der Waals surface area contributed by atoms with Crippen LogP contribution in [-0.4, -0.2) is 61.8 Å². The summed E-state index contributed by atoms with van der Waals surface area (Å²) in [6.07, 6.45) is -1.31. The summed E-state index contributed by atoms with van der Waals surface area (Å²) in [5, 5.41) is 27.4. The van der Waals surface area contributed by atoms with Crippen LogP contribution in [0.15, 0.2) is 36.4 Å². The lowest BCUT2D eigenvalue weighted by Crippen LogP contribution is -2.38. The predicted octanol–water partition coefficient (Wildman–Crippen LogP) is 3.81. The van der Waals surface area contributed by atoms with E-state index in [1.165, 1.54) is 0 Å². The van der Waals surface area contributed by atoms with Gasteiger partial charge in [0, 0.05) is 26.2 Å². The molecule has 0 bridgehead atoms. The van der Waals surface area contributed by atoms with Crippen LogP contribution in [0, 0.1) is 13.8 Å². The quantitative estimate of drug-likeness (QED) is 0.295. The highest BCUT2D eigenvalue weighted by Gasteiger charge is 2.09. The average Bonchev–Trinajstić information content (AvgIpc) is 2.71. The van der Waals surface area contributed by atoms with Crippen molar-refractivity contribution in [1.29, 1.82) is 0 Å². The minimum atomic E-state index is -0.653. The van der Waals surface area contributed by atoms with Crippen LogP contribution in [0.3, 0.4) is 0 Å². The Labute approximate surface area is 212 Å². The van der Waals surface area contributed by atoms with E-state index in [0.29, 0.717) is 47.7 Å². The molecule has 2 atom stereocenters. The number of aliphatic hydroxyl groups excluding tert-OH is 2. The Kier molecular flexibility index (Phi) is 16.1. The van der Waals surface area contributed by atoms with Gasteiger partial charge < -0.3 is 30.3 Å². The number of benzene rings is 2. The van der Waals surface area contributed by atoms with Crippen LogP contribution in [0.4, 0.5) is 0 Å². The maximum atomic E-state index is 10.0. The van der Waals surface area contributed by atoms with E-state index in [-0.39, 0.29) is 38.0 Å². The summed E-state index contributed by atoms with van der Waals surface area (Å²) in [4.78, 5) is 0. The Bertz CT molecular complexity index is 733. The molecule has 0 aliphatic carbocycles. The summed E-state index contributed by atoms with van der Waals surface area (Å²) in [5.41, 5.74) is 2.09. The van der Waals surface area contributed by atoms with Crippen LogP contribution in [-0.2, 0) is 0 Å². The number of ether oxygens (including phenoxy) is 2. The molecule has 2 unspecified atom stereocenters. The van der Waals surface area contributed by atoms with Gasteiger partial charge in [0.05, 0.1) is 10.0 Å². The summed E-state index contributed by atoms with van der Waals surface area (Å²) in [7, 11) is 0. The number of aryl methyl sites for hydroxylation is 2. The maximum Gasteiger partial charge on any atom is 0.138 e. The summed E-state index contributed by atoms with van der Waals surface area (Å²) < 4.78 is 11.1. The normalized spacial score (nSPS) is 12.3. The molecule has 0 aromatic heterocycles. The average molecular weight is 530 g/mol. The van der Waals surface area contributed by atoms with E-state index in [1.54, 1.807) is 12.1 Å². The number of aliphatic hydroxyl groups is 2. The molecule has 2 aromatic rings. The van der Waals surface area contributed by atoms with Crippen molar-refractivity contribution in [2.45, 2.75) is 26.1 Å². The van der Waals surface area contributed by atoms with Gasteiger partial charge in [-0.05, 0) is 49.2 Å². The zero-order valence-electron chi connectivity index (χ0n) is 18.1. The van der Waals surface area contributed by atoms with Crippen LogP contribution in [0.2, 0.25) is 10.0 Å². The molecule has 0 heterocycles. The van der Waals surface area contributed by atoms with Gasteiger partial charge in [0.25, 0.3) is 0 Å². The van der Waals surface area contributed by atoms with Gasteiger partial charge in [-0.3, -0.25) is 0 Å². The Hall–Kier alpha value is -0.960. The summed E-state index contributed by atoms with van der Waals surface area (Å²) in [6, 6.07) is 11.0. The Morgan fingerprint density at radius 3 is 1.50 bits per heavy atom. The minimum absolute atomic E-state index is 0. The third-order valence-corrected chi connectivity index (χ3v) is 4.90. The van der Waals surface area contributed by atoms with E-state index < -0.39 is 12.2 Å². The highest BCUT2D eigenvalue weighted by atomic mass is 35.5. The van der Waals surface area contributed by atoms with Gasteiger partial charge >= 0.3 is 0 Å². The zero-order valence-corrected chi connectivity index (χ0v) is 21.3. The van der Waals surface area contributed by atoms with Gasteiger partial charge in [-0.25, -0.2) is 0 Å². The van der Waals surface area contributed by atoms with Crippen molar-refractivity contribution in [2.75, 3.05) is 39.4 Å².